The smallest absolute Gasteiger partial charge is 0.355 e. The van der Waals surface area contributed by atoms with Crippen molar-refractivity contribution in [1.82, 2.24) is 10.3 Å². The lowest BCUT2D eigenvalue weighted by Crippen LogP contribution is -2.60. The summed E-state index contributed by atoms with van der Waals surface area (Å²) in [5.74, 6) is 1.26. The van der Waals surface area contributed by atoms with Crippen LogP contribution < -0.4 is 10.7 Å². The first kappa shape index (κ1) is 17.5. The number of para-hydroxylation sites is 1. The molecule has 1 aromatic heterocycles. The van der Waals surface area contributed by atoms with Crippen molar-refractivity contribution in [3.63, 3.8) is 0 Å². The van der Waals surface area contributed by atoms with Gasteiger partial charge in [0.25, 0.3) is 5.91 Å². The Hall–Kier alpha value is -2.63. The fourth-order valence-electron chi connectivity index (χ4n) is 6.11. The first-order valence-corrected chi connectivity index (χ1v) is 10.1. The molecule has 4 aliphatic rings. The third-order valence-corrected chi connectivity index (χ3v) is 6.73. The summed E-state index contributed by atoms with van der Waals surface area (Å²) < 4.78 is 5.19. The minimum atomic E-state index is -0.691. The van der Waals surface area contributed by atoms with Crippen molar-refractivity contribution in [3.8, 4) is 0 Å². The second-order valence-electron chi connectivity index (χ2n) is 8.92. The normalized spacial score (nSPS) is 30.4. The number of nitrogens with one attached hydrogen (secondary N) is 2. The molecule has 4 fully saturated rings. The van der Waals surface area contributed by atoms with Crippen molar-refractivity contribution in [3.05, 3.63) is 46.2 Å². The summed E-state index contributed by atoms with van der Waals surface area (Å²) in [6.07, 6.45) is 7.07. The van der Waals surface area contributed by atoms with Crippen molar-refractivity contribution in [2.45, 2.75) is 44.1 Å². The van der Waals surface area contributed by atoms with E-state index in [4.69, 9.17) is 4.74 Å². The van der Waals surface area contributed by atoms with Crippen LogP contribution in [0.3, 0.4) is 0 Å². The molecule has 0 aliphatic heterocycles. The van der Waals surface area contributed by atoms with Crippen molar-refractivity contribution in [2.24, 2.45) is 17.8 Å². The third-order valence-electron chi connectivity index (χ3n) is 6.73. The lowest BCUT2D eigenvalue weighted by Gasteiger charge is -2.56. The van der Waals surface area contributed by atoms with E-state index >= 15 is 0 Å². The van der Waals surface area contributed by atoms with Gasteiger partial charge in [-0.25, -0.2) is 4.79 Å². The SMILES string of the molecule is O=C(COC(=O)c1cc(=O)c2ccccc2[nH]1)NC12CC3CC(CC(C3)C1)C2. The number of H-pyrrole nitrogens is 1. The summed E-state index contributed by atoms with van der Waals surface area (Å²) in [5.41, 5.74) is 0.278. The van der Waals surface area contributed by atoms with Crippen LogP contribution in [-0.4, -0.2) is 29.0 Å². The highest BCUT2D eigenvalue weighted by molar-refractivity contribution is 5.92. The average molecular weight is 380 g/mol. The van der Waals surface area contributed by atoms with Gasteiger partial charge in [0.15, 0.2) is 12.0 Å². The van der Waals surface area contributed by atoms with Crippen LogP contribution in [0.5, 0.6) is 0 Å². The molecule has 6 heteroatoms. The number of benzene rings is 1. The van der Waals surface area contributed by atoms with E-state index in [-0.39, 0.29) is 29.2 Å². The molecule has 4 saturated carbocycles. The Morgan fingerprint density at radius 3 is 2.39 bits per heavy atom. The van der Waals surface area contributed by atoms with Gasteiger partial charge >= 0.3 is 5.97 Å². The Morgan fingerprint density at radius 1 is 1.07 bits per heavy atom. The number of esters is 1. The number of hydrogen-bond donors (Lipinski definition) is 2. The zero-order valence-corrected chi connectivity index (χ0v) is 15.7. The molecule has 2 N–H and O–H groups in total. The standard InChI is InChI=1S/C22H24N2O4/c25-19-8-18(23-17-4-2-1-3-16(17)19)21(27)28-12-20(26)24-22-9-13-5-14(10-22)7-15(6-13)11-22/h1-4,8,13-15H,5-7,9-12H2,(H,23,25)(H,24,26). The van der Waals surface area contributed by atoms with Crippen LogP contribution in [0, 0.1) is 17.8 Å². The van der Waals surface area contributed by atoms with Gasteiger partial charge in [0, 0.05) is 22.5 Å². The molecule has 28 heavy (non-hydrogen) atoms. The Labute approximate surface area is 162 Å². The zero-order chi connectivity index (χ0) is 19.3. The van der Waals surface area contributed by atoms with Crippen LogP contribution in [0.15, 0.2) is 35.1 Å². The monoisotopic (exact) mass is 380 g/mol. The van der Waals surface area contributed by atoms with E-state index < -0.39 is 5.97 Å². The highest BCUT2D eigenvalue weighted by Crippen LogP contribution is 2.55. The van der Waals surface area contributed by atoms with E-state index in [0.29, 0.717) is 10.9 Å². The van der Waals surface area contributed by atoms with E-state index in [1.165, 1.54) is 25.3 Å². The molecular formula is C22H24N2O4. The molecule has 2 aromatic rings. The number of fused-ring (bicyclic) bond motifs is 1. The summed E-state index contributed by atoms with van der Waals surface area (Å²) in [7, 11) is 0. The molecule has 4 aliphatic carbocycles. The van der Waals surface area contributed by atoms with E-state index in [1.54, 1.807) is 24.3 Å². The first-order chi connectivity index (χ1) is 13.5. The van der Waals surface area contributed by atoms with Crippen molar-refractivity contribution >= 4 is 22.8 Å². The maximum absolute atomic E-state index is 12.5. The number of carbonyl (C=O) groups is 2. The van der Waals surface area contributed by atoms with Gasteiger partial charge in [-0.1, -0.05) is 12.1 Å². The molecular weight excluding hydrogens is 356 g/mol. The lowest BCUT2D eigenvalue weighted by molar-refractivity contribution is -0.130. The maximum Gasteiger partial charge on any atom is 0.355 e. The highest BCUT2D eigenvalue weighted by Gasteiger charge is 2.51. The van der Waals surface area contributed by atoms with Gasteiger partial charge in [-0.2, -0.15) is 0 Å². The van der Waals surface area contributed by atoms with E-state index in [1.807, 2.05) is 0 Å². The molecule has 146 valence electrons. The van der Waals surface area contributed by atoms with Crippen LogP contribution >= 0.6 is 0 Å². The Bertz CT molecular complexity index is 974. The number of carbonyl (C=O) groups excluding carboxylic acids is 2. The maximum atomic E-state index is 12.5. The molecule has 0 atom stereocenters. The quantitative estimate of drug-likeness (QED) is 0.799. The number of pyridine rings is 1. The predicted octanol–water partition coefficient (Wildman–Crippen LogP) is 2.77. The van der Waals surface area contributed by atoms with Gasteiger partial charge in [0.05, 0.1) is 0 Å². The molecule has 0 spiro atoms. The molecule has 1 aromatic carbocycles. The largest absolute Gasteiger partial charge is 0.451 e. The van der Waals surface area contributed by atoms with Gasteiger partial charge in [-0.05, 0) is 68.4 Å². The molecule has 4 bridgehead atoms. The van der Waals surface area contributed by atoms with Crippen LogP contribution in [0.4, 0.5) is 0 Å². The predicted molar refractivity (Wildman–Crippen MR) is 104 cm³/mol. The lowest BCUT2D eigenvalue weighted by atomic mass is 9.53. The molecule has 0 unspecified atom stereocenters. The van der Waals surface area contributed by atoms with E-state index in [2.05, 4.69) is 10.3 Å². The van der Waals surface area contributed by atoms with Crippen molar-refractivity contribution < 1.29 is 14.3 Å². The molecule has 1 heterocycles. The minimum absolute atomic E-state index is 0.0614. The fourth-order valence-corrected chi connectivity index (χ4v) is 6.11. The second kappa shape index (κ2) is 6.47. The highest BCUT2D eigenvalue weighted by atomic mass is 16.5. The molecule has 6 rings (SSSR count). The van der Waals surface area contributed by atoms with Gasteiger partial charge < -0.3 is 15.0 Å². The number of aromatic nitrogens is 1. The Morgan fingerprint density at radius 2 is 1.71 bits per heavy atom. The number of aromatic amines is 1. The number of hydrogen-bond acceptors (Lipinski definition) is 4. The summed E-state index contributed by atoms with van der Waals surface area (Å²) in [6.45, 7) is -0.324. The fraction of sp³-hybridized carbons (Fsp3) is 0.500. The minimum Gasteiger partial charge on any atom is -0.451 e. The zero-order valence-electron chi connectivity index (χ0n) is 15.7. The molecule has 1 amide bonds. The first-order valence-electron chi connectivity index (χ1n) is 10.1. The van der Waals surface area contributed by atoms with Gasteiger partial charge in [-0.15, -0.1) is 0 Å². The van der Waals surface area contributed by atoms with Gasteiger partial charge in [0.2, 0.25) is 0 Å². The third kappa shape index (κ3) is 3.11. The summed E-state index contributed by atoms with van der Waals surface area (Å²) >= 11 is 0. The summed E-state index contributed by atoms with van der Waals surface area (Å²) in [5, 5.41) is 3.70. The average Bonchev–Trinajstić information content (AvgIpc) is 2.64. The summed E-state index contributed by atoms with van der Waals surface area (Å²) in [4.78, 5) is 39.9. The van der Waals surface area contributed by atoms with Gasteiger partial charge in [0.1, 0.15) is 5.69 Å². The van der Waals surface area contributed by atoms with E-state index in [0.717, 1.165) is 37.0 Å². The topological polar surface area (TPSA) is 88.3 Å². The Balaban J connectivity index is 1.23. The van der Waals surface area contributed by atoms with Crippen LogP contribution in [0.25, 0.3) is 10.9 Å². The number of amides is 1. The van der Waals surface area contributed by atoms with E-state index in [9.17, 15) is 14.4 Å². The summed E-state index contributed by atoms with van der Waals surface area (Å²) in [6, 6.07) is 8.20. The number of ether oxygens (including phenoxy) is 1. The van der Waals surface area contributed by atoms with Gasteiger partial charge in [-0.3, -0.25) is 9.59 Å². The second-order valence-corrected chi connectivity index (χ2v) is 8.92. The van der Waals surface area contributed by atoms with Crippen molar-refractivity contribution in [1.29, 1.82) is 0 Å². The molecule has 0 radical (unpaired) electrons. The van der Waals surface area contributed by atoms with Crippen LogP contribution in [0.1, 0.15) is 49.0 Å². The van der Waals surface area contributed by atoms with Crippen molar-refractivity contribution in [2.75, 3.05) is 6.61 Å². The van der Waals surface area contributed by atoms with Crippen LogP contribution in [0.2, 0.25) is 0 Å². The Kier molecular flexibility index (Phi) is 4.03. The van der Waals surface area contributed by atoms with Crippen LogP contribution in [-0.2, 0) is 9.53 Å². The number of rotatable bonds is 4. The molecule has 0 saturated heterocycles. The molecule has 6 nitrogen and oxygen atoms in total.